The van der Waals surface area contributed by atoms with E-state index in [0.717, 1.165) is 36.2 Å². The quantitative estimate of drug-likeness (QED) is 0.789. The van der Waals surface area contributed by atoms with Crippen LogP contribution in [-0.4, -0.2) is 29.2 Å². The molecular formula is C17H21BrN4O. The van der Waals surface area contributed by atoms with Gasteiger partial charge in [-0.05, 0) is 53.0 Å². The minimum Gasteiger partial charge on any atom is -0.355 e. The molecule has 0 atom stereocenters. The van der Waals surface area contributed by atoms with E-state index >= 15 is 0 Å². The van der Waals surface area contributed by atoms with Crippen molar-refractivity contribution in [3.63, 3.8) is 0 Å². The fraction of sp³-hybridized carbons (Fsp3) is 0.353. The van der Waals surface area contributed by atoms with Crippen molar-refractivity contribution in [3.8, 4) is 0 Å². The molecule has 1 heterocycles. The summed E-state index contributed by atoms with van der Waals surface area (Å²) in [4.78, 5) is 14.4. The maximum Gasteiger partial charge on any atom is 0.258 e. The normalized spacial score (nSPS) is 10.4. The van der Waals surface area contributed by atoms with Crippen LogP contribution in [0.1, 0.15) is 37.0 Å². The van der Waals surface area contributed by atoms with Gasteiger partial charge in [0.2, 0.25) is 0 Å². The standard InChI is InChI=1S/C17H21BrN4O/c1-3-11-22(12-4-2)16-10-9-15(20-21-16)19-17(23)13-7-5-6-8-14(13)18/h5-10H,3-4,11-12H2,1-2H3,(H,19,20,23). The predicted octanol–water partition coefficient (Wildman–Crippen LogP) is 4.12. The van der Waals surface area contributed by atoms with Crippen LogP contribution < -0.4 is 10.2 Å². The Labute approximate surface area is 145 Å². The molecule has 2 aromatic rings. The lowest BCUT2D eigenvalue weighted by molar-refractivity contribution is 0.102. The predicted molar refractivity (Wildman–Crippen MR) is 96.9 cm³/mol. The average Bonchev–Trinajstić information content (AvgIpc) is 2.56. The number of halogens is 1. The van der Waals surface area contributed by atoms with E-state index in [2.05, 4.69) is 50.2 Å². The van der Waals surface area contributed by atoms with Gasteiger partial charge in [0.25, 0.3) is 5.91 Å². The van der Waals surface area contributed by atoms with Crippen molar-refractivity contribution in [1.29, 1.82) is 0 Å². The number of benzene rings is 1. The average molecular weight is 377 g/mol. The van der Waals surface area contributed by atoms with Crippen molar-refractivity contribution < 1.29 is 4.79 Å². The number of nitrogens with one attached hydrogen (secondary N) is 1. The zero-order chi connectivity index (χ0) is 16.7. The molecule has 0 aliphatic rings. The SMILES string of the molecule is CCCN(CCC)c1ccc(NC(=O)c2ccccc2Br)nn1. The molecule has 122 valence electrons. The number of aromatic nitrogens is 2. The highest BCUT2D eigenvalue weighted by atomic mass is 79.9. The molecule has 0 aliphatic heterocycles. The highest BCUT2D eigenvalue weighted by Gasteiger charge is 2.11. The molecule has 0 saturated carbocycles. The topological polar surface area (TPSA) is 58.1 Å². The van der Waals surface area contributed by atoms with Crippen LogP contribution in [0.3, 0.4) is 0 Å². The summed E-state index contributed by atoms with van der Waals surface area (Å²) in [5.74, 6) is 1.08. The van der Waals surface area contributed by atoms with Gasteiger partial charge in [0, 0.05) is 17.6 Å². The van der Waals surface area contributed by atoms with Crippen molar-refractivity contribution in [1.82, 2.24) is 10.2 Å². The van der Waals surface area contributed by atoms with E-state index in [4.69, 9.17) is 0 Å². The highest BCUT2D eigenvalue weighted by Crippen LogP contribution is 2.18. The molecule has 0 fully saturated rings. The molecule has 0 bridgehead atoms. The zero-order valence-corrected chi connectivity index (χ0v) is 15.0. The Kier molecular flexibility index (Phi) is 6.52. The third-order valence-corrected chi connectivity index (χ3v) is 4.01. The summed E-state index contributed by atoms with van der Waals surface area (Å²) in [7, 11) is 0. The molecule has 5 nitrogen and oxygen atoms in total. The van der Waals surface area contributed by atoms with E-state index in [1.165, 1.54) is 0 Å². The van der Waals surface area contributed by atoms with Crippen LogP contribution in [0, 0.1) is 0 Å². The van der Waals surface area contributed by atoms with Crippen LogP contribution in [0.15, 0.2) is 40.9 Å². The lowest BCUT2D eigenvalue weighted by Crippen LogP contribution is -2.26. The fourth-order valence-corrected chi connectivity index (χ4v) is 2.74. The molecule has 0 unspecified atom stereocenters. The van der Waals surface area contributed by atoms with Crippen LogP contribution >= 0.6 is 15.9 Å². The van der Waals surface area contributed by atoms with Gasteiger partial charge in [-0.3, -0.25) is 4.79 Å². The van der Waals surface area contributed by atoms with Crippen molar-refractivity contribution >= 4 is 33.5 Å². The Hall–Kier alpha value is -1.95. The summed E-state index contributed by atoms with van der Waals surface area (Å²) < 4.78 is 0.749. The Bertz CT molecular complexity index is 639. The van der Waals surface area contributed by atoms with Crippen LogP contribution in [0.5, 0.6) is 0 Å². The van der Waals surface area contributed by atoms with Crippen molar-refractivity contribution in [3.05, 3.63) is 46.4 Å². The summed E-state index contributed by atoms with van der Waals surface area (Å²) in [6.45, 7) is 6.18. The molecule has 0 saturated heterocycles. The Balaban J connectivity index is 2.07. The van der Waals surface area contributed by atoms with E-state index in [9.17, 15) is 4.79 Å². The number of hydrogen-bond acceptors (Lipinski definition) is 4. The number of anilines is 2. The van der Waals surface area contributed by atoms with E-state index < -0.39 is 0 Å². The van der Waals surface area contributed by atoms with E-state index in [-0.39, 0.29) is 5.91 Å². The van der Waals surface area contributed by atoms with Gasteiger partial charge in [-0.2, -0.15) is 0 Å². The lowest BCUT2D eigenvalue weighted by Gasteiger charge is -2.21. The second-order valence-corrected chi connectivity index (χ2v) is 6.05. The number of carbonyl (C=O) groups is 1. The second kappa shape index (κ2) is 8.62. The number of hydrogen-bond donors (Lipinski definition) is 1. The van der Waals surface area contributed by atoms with Crippen LogP contribution in [0.2, 0.25) is 0 Å². The number of rotatable bonds is 7. The Morgan fingerprint density at radius 2 is 1.78 bits per heavy atom. The third-order valence-electron chi connectivity index (χ3n) is 3.32. The van der Waals surface area contributed by atoms with Gasteiger partial charge in [0.15, 0.2) is 11.6 Å². The highest BCUT2D eigenvalue weighted by molar-refractivity contribution is 9.10. The largest absolute Gasteiger partial charge is 0.355 e. The first-order valence-electron chi connectivity index (χ1n) is 7.80. The van der Waals surface area contributed by atoms with Crippen LogP contribution in [0.25, 0.3) is 0 Å². The molecular weight excluding hydrogens is 356 g/mol. The summed E-state index contributed by atoms with van der Waals surface area (Å²) in [6.07, 6.45) is 2.12. The molecule has 0 aliphatic carbocycles. The monoisotopic (exact) mass is 376 g/mol. The minimum absolute atomic E-state index is 0.210. The Morgan fingerprint density at radius 3 is 2.35 bits per heavy atom. The lowest BCUT2D eigenvalue weighted by atomic mass is 10.2. The molecule has 1 aromatic heterocycles. The molecule has 2 rings (SSSR count). The molecule has 1 N–H and O–H groups in total. The van der Waals surface area contributed by atoms with Gasteiger partial charge >= 0.3 is 0 Å². The van der Waals surface area contributed by atoms with Crippen LogP contribution in [0.4, 0.5) is 11.6 Å². The number of nitrogens with zero attached hydrogens (tertiary/aromatic N) is 3. The summed E-state index contributed by atoms with van der Waals surface area (Å²) in [6, 6.07) is 11.0. The van der Waals surface area contributed by atoms with Crippen molar-refractivity contribution in [2.75, 3.05) is 23.3 Å². The molecule has 6 heteroatoms. The maximum atomic E-state index is 12.2. The zero-order valence-electron chi connectivity index (χ0n) is 13.4. The molecule has 0 spiro atoms. The van der Waals surface area contributed by atoms with E-state index in [0.29, 0.717) is 11.4 Å². The molecule has 1 aromatic carbocycles. The minimum atomic E-state index is -0.210. The van der Waals surface area contributed by atoms with Crippen molar-refractivity contribution in [2.24, 2.45) is 0 Å². The van der Waals surface area contributed by atoms with Gasteiger partial charge in [0.05, 0.1) is 5.56 Å². The van der Waals surface area contributed by atoms with Gasteiger partial charge in [0.1, 0.15) is 0 Å². The van der Waals surface area contributed by atoms with Gasteiger partial charge in [-0.25, -0.2) is 0 Å². The van der Waals surface area contributed by atoms with E-state index in [1.807, 2.05) is 24.3 Å². The summed E-state index contributed by atoms with van der Waals surface area (Å²) >= 11 is 3.37. The summed E-state index contributed by atoms with van der Waals surface area (Å²) in [5, 5.41) is 11.1. The fourth-order valence-electron chi connectivity index (χ4n) is 2.27. The first-order chi connectivity index (χ1) is 11.2. The van der Waals surface area contributed by atoms with Gasteiger partial charge in [-0.1, -0.05) is 26.0 Å². The number of carbonyl (C=O) groups excluding carboxylic acids is 1. The second-order valence-electron chi connectivity index (χ2n) is 5.20. The first-order valence-corrected chi connectivity index (χ1v) is 8.59. The molecule has 1 amide bonds. The Morgan fingerprint density at radius 1 is 1.09 bits per heavy atom. The van der Waals surface area contributed by atoms with E-state index in [1.54, 1.807) is 12.1 Å². The van der Waals surface area contributed by atoms with Crippen LogP contribution in [-0.2, 0) is 0 Å². The van der Waals surface area contributed by atoms with Crippen molar-refractivity contribution in [2.45, 2.75) is 26.7 Å². The van der Waals surface area contributed by atoms with Gasteiger partial charge < -0.3 is 10.2 Å². The molecule has 0 radical (unpaired) electrons. The summed E-state index contributed by atoms with van der Waals surface area (Å²) in [5.41, 5.74) is 0.567. The number of amides is 1. The molecule has 23 heavy (non-hydrogen) atoms. The maximum absolute atomic E-state index is 12.2. The first kappa shape index (κ1) is 17.4. The van der Waals surface area contributed by atoms with Gasteiger partial charge in [-0.15, -0.1) is 10.2 Å². The smallest absolute Gasteiger partial charge is 0.258 e. The third kappa shape index (κ3) is 4.76.